The molecular weight excluding hydrogens is 206 g/mol. The van der Waals surface area contributed by atoms with Crippen molar-refractivity contribution < 1.29 is 14.3 Å². The Hall–Kier alpha value is -1.55. The molecule has 0 radical (unpaired) electrons. The van der Waals surface area contributed by atoms with Crippen LogP contribution in [0.3, 0.4) is 0 Å². The van der Waals surface area contributed by atoms with Gasteiger partial charge in [-0.1, -0.05) is 18.2 Å². The van der Waals surface area contributed by atoms with Gasteiger partial charge in [-0.3, -0.25) is 0 Å². The first-order valence-corrected chi connectivity index (χ1v) is 5.18. The molecule has 16 heavy (non-hydrogen) atoms. The summed E-state index contributed by atoms with van der Waals surface area (Å²) in [5.41, 5.74) is 7.55. The Kier molecular flexibility index (Phi) is 4.79. The first kappa shape index (κ1) is 12.5. The minimum Gasteiger partial charge on any atom is -0.467 e. The monoisotopic (exact) mass is 223 g/mol. The SMILES string of the molecule is COC(=O)C(C)OCCc1ccccc1N. The molecular formula is C12H17NO3. The highest BCUT2D eigenvalue weighted by atomic mass is 16.6. The molecule has 0 saturated heterocycles. The third-order valence-corrected chi connectivity index (χ3v) is 2.33. The van der Waals surface area contributed by atoms with Crippen molar-refractivity contribution in [3.8, 4) is 0 Å². The summed E-state index contributed by atoms with van der Waals surface area (Å²) in [5.74, 6) is -0.360. The summed E-state index contributed by atoms with van der Waals surface area (Å²) in [4.78, 5) is 11.0. The molecule has 88 valence electrons. The van der Waals surface area contributed by atoms with Crippen LogP contribution in [0.5, 0.6) is 0 Å². The molecule has 0 aliphatic heterocycles. The van der Waals surface area contributed by atoms with Crippen LogP contribution in [0.4, 0.5) is 5.69 Å². The molecule has 0 aliphatic carbocycles. The molecule has 1 aromatic rings. The van der Waals surface area contributed by atoms with Crippen molar-refractivity contribution in [2.24, 2.45) is 0 Å². The number of esters is 1. The van der Waals surface area contributed by atoms with Gasteiger partial charge in [-0.25, -0.2) is 4.79 Å². The molecule has 0 aliphatic rings. The Morgan fingerprint density at radius 2 is 2.12 bits per heavy atom. The van der Waals surface area contributed by atoms with Crippen molar-refractivity contribution in [1.29, 1.82) is 0 Å². The summed E-state index contributed by atoms with van der Waals surface area (Å²) in [5, 5.41) is 0. The largest absolute Gasteiger partial charge is 0.467 e. The van der Waals surface area contributed by atoms with Gasteiger partial charge in [0, 0.05) is 5.69 Å². The lowest BCUT2D eigenvalue weighted by Gasteiger charge is -2.11. The summed E-state index contributed by atoms with van der Waals surface area (Å²) in [6, 6.07) is 7.60. The van der Waals surface area contributed by atoms with Gasteiger partial charge in [0.05, 0.1) is 13.7 Å². The number of methoxy groups -OCH3 is 1. The lowest BCUT2D eigenvalue weighted by molar-refractivity contribution is -0.152. The third kappa shape index (κ3) is 3.55. The van der Waals surface area contributed by atoms with Crippen LogP contribution in [0.25, 0.3) is 0 Å². The quantitative estimate of drug-likeness (QED) is 0.605. The van der Waals surface area contributed by atoms with E-state index in [-0.39, 0.29) is 5.97 Å². The lowest BCUT2D eigenvalue weighted by atomic mass is 10.1. The van der Waals surface area contributed by atoms with E-state index in [0.717, 1.165) is 11.3 Å². The number of rotatable bonds is 5. The summed E-state index contributed by atoms with van der Waals surface area (Å²) >= 11 is 0. The summed E-state index contributed by atoms with van der Waals surface area (Å²) in [6.07, 6.45) is 0.156. The standard InChI is InChI=1S/C12H17NO3/c1-9(12(14)15-2)16-8-7-10-5-3-4-6-11(10)13/h3-6,9H,7-8,13H2,1-2H3. The molecule has 0 aromatic heterocycles. The molecule has 1 unspecified atom stereocenters. The molecule has 0 bridgehead atoms. The van der Waals surface area contributed by atoms with Crippen molar-refractivity contribution in [2.45, 2.75) is 19.4 Å². The molecule has 0 saturated carbocycles. The van der Waals surface area contributed by atoms with E-state index in [1.807, 2.05) is 24.3 Å². The van der Waals surface area contributed by atoms with Crippen LogP contribution in [0, 0.1) is 0 Å². The minimum absolute atomic E-state index is 0.360. The Bertz CT molecular complexity index is 352. The van der Waals surface area contributed by atoms with Gasteiger partial charge in [-0.05, 0) is 25.0 Å². The average molecular weight is 223 g/mol. The number of benzene rings is 1. The number of ether oxygens (including phenoxy) is 2. The first-order valence-electron chi connectivity index (χ1n) is 5.18. The van der Waals surface area contributed by atoms with Crippen LogP contribution in [0.15, 0.2) is 24.3 Å². The van der Waals surface area contributed by atoms with E-state index in [9.17, 15) is 4.79 Å². The fraction of sp³-hybridized carbons (Fsp3) is 0.417. The molecule has 2 N–H and O–H groups in total. The number of nitrogens with two attached hydrogens (primary N) is 1. The van der Waals surface area contributed by atoms with E-state index < -0.39 is 6.10 Å². The molecule has 1 rings (SSSR count). The fourth-order valence-corrected chi connectivity index (χ4v) is 1.34. The van der Waals surface area contributed by atoms with Crippen molar-refractivity contribution in [2.75, 3.05) is 19.5 Å². The van der Waals surface area contributed by atoms with Gasteiger partial charge in [0.15, 0.2) is 6.10 Å². The second-order valence-electron chi connectivity index (χ2n) is 3.48. The number of nitrogen functional groups attached to an aromatic ring is 1. The Morgan fingerprint density at radius 3 is 2.75 bits per heavy atom. The highest BCUT2D eigenvalue weighted by Crippen LogP contribution is 2.11. The van der Waals surface area contributed by atoms with Gasteiger partial charge in [0.2, 0.25) is 0 Å². The van der Waals surface area contributed by atoms with Gasteiger partial charge >= 0.3 is 5.97 Å². The van der Waals surface area contributed by atoms with E-state index in [1.165, 1.54) is 7.11 Å². The number of hydrogen-bond acceptors (Lipinski definition) is 4. The van der Waals surface area contributed by atoms with Crippen LogP contribution in [0.2, 0.25) is 0 Å². The lowest BCUT2D eigenvalue weighted by Crippen LogP contribution is -2.23. The maximum Gasteiger partial charge on any atom is 0.334 e. The molecule has 0 fully saturated rings. The van der Waals surface area contributed by atoms with Crippen molar-refractivity contribution in [1.82, 2.24) is 0 Å². The van der Waals surface area contributed by atoms with Gasteiger partial charge in [0.25, 0.3) is 0 Å². The number of hydrogen-bond donors (Lipinski definition) is 1. The average Bonchev–Trinajstić information content (AvgIpc) is 2.30. The third-order valence-electron chi connectivity index (χ3n) is 2.33. The zero-order valence-corrected chi connectivity index (χ0v) is 9.60. The van der Waals surface area contributed by atoms with Gasteiger partial charge in [-0.2, -0.15) is 0 Å². The molecule has 1 aromatic carbocycles. The van der Waals surface area contributed by atoms with Gasteiger partial charge < -0.3 is 15.2 Å². The van der Waals surface area contributed by atoms with Crippen molar-refractivity contribution >= 4 is 11.7 Å². The Morgan fingerprint density at radius 1 is 1.44 bits per heavy atom. The Labute approximate surface area is 95.3 Å². The summed E-state index contributed by atoms with van der Waals surface area (Å²) in [7, 11) is 1.34. The normalized spacial score (nSPS) is 12.1. The molecule has 4 nitrogen and oxygen atoms in total. The number of carbonyl (C=O) groups excluding carboxylic acids is 1. The van der Waals surface area contributed by atoms with Crippen molar-refractivity contribution in [3.63, 3.8) is 0 Å². The zero-order valence-electron chi connectivity index (χ0n) is 9.60. The predicted octanol–water partition coefficient (Wildman–Crippen LogP) is 1.39. The Balaban J connectivity index is 2.36. The molecule has 0 spiro atoms. The topological polar surface area (TPSA) is 61.5 Å². The zero-order chi connectivity index (χ0) is 12.0. The van der Waals surface area contributed by atoms with Crippen LogP contribution >= 0.6 is 0 Å². The van der Waals surface area contributed by atoms with E-state index in [2.05, 4.69) is 4.74 Å². The maximum atomic E-state index is 11.0. The van der Waals surface area contributed by atoms with Gasteiger partial charge in [-0.15, -0.1) is 0 Å². The van der Waals surface area contributed by atoms with E-state index in [1.54, 1.807) is 6.92 Å². The smallest absolute Gasteiger partial charge is 0.334 e. The van der Waals surface area contributed by atoms with Crippen LogP contribution in [0.1, 0.15) is 12.5 Å². The minimum atomic E-state index is -0.532. The van der Waals surface area contributed by atoms with E-state index >= 15 is 0 Å². The summed E-state index contributed by atoms with van der Waals surface area (Å²) in [6.45, 7) is 2.12. The van der Waals surface area contributed by atoms with Gasteiger partial charge in [0.1, 0.15) is 0 Å². The summed E-state index contributed by atoms with van der Waals surface area (Å²) < 4.78 is 9.87. The maximum absolute atomic E-state index is 11.0. The van der Waals surface area contributed by atoms with E-state index in [0.29, 0.717) is 13.0 Å². The number of anilines is 1. The second kappa shape index (κ2) is 6.12. The number of para-hydroxylation sites is 1. The van der Waals surface area contributed by atoms with Crippen LogP contribution in [-0.4, -0.2) is 25.8 Å². The van der Waals surface area contributed by atoms with Crippen molar-refractivity contribution in [3.05, 3.63) is 29.8 Å². The number of carbonyl (C=O) groups is 1. The second-order valence-corrected chi connectivity index (χ2v) is 3.48. The van der Waals surface area contributed by atoms with E-state index in [4.69, 9.17) is 10.5 Å². The fourth-order valence-electron chi connectivity index (χ4n) is 1.34. The molecule has 0 heterocycles. The van der Waals surface area contributed by atoms with Crippen LogP contribution < -0.4 is 5.73 Å². The molecule has 4 heteroatoms. The van der Waals surface area contributed by atoms with Crippen LogP contribution in [-0.2, 0) is 20.7 Å². The molecule has 0 amide bonds. The highest BCUT2D eigenvalue weighted by molar-refractivity contribution is 5.73. The predicted molar refractivity (Wildman–Crippen MR) is 62.0 cm³/mol. The molecule has 1 atom stereocenters. The first-order chi connectivity index (χ1) is 7.65. The highest BCUT2D eigenvalue weighted by Gasteiger charge is 2.12.